The molecule has 5 nitrogen and oxygen atoms in total. The second kappa shape index (κ2) is 6.51. The molecule has 0 saturated heterocycles. The van der Waals surface area contributed by atoms with Crippen LogP contribution in [0.1, 0.15) is 5.56 Å². The molecular weight excluding hydrogens is 310 g/mol. The second-order valence-electron chi connectivity index (χ2n) is 4.37. The van der Waals surface area contributed by atoms with Gasteiger partial charge in [0.25, 0.3) is 5.69 Å². The molecule has 0 unspecified atom stereocenters. The van der Waals surface area contributed by atoms with E-state index in [1.165, 1.54) is 18.2 Å². The minimum atomic E-state index is -0.488. The molecule has 2 rings (SSSR count). The monoisotopic (exact) mass is 321 g/mol. The number of non-ortho nitro benzene ring substituents is 1. The van der Waals surface area contributed by atoms with Gasteiger partial charge in [0.1, 0.15) is 0 Å². The van der Waals surface area contributed by atoms with Gasteiger partial charge in [0, 0.05) is 17.8 Å². The Hall–Kier alpha value is -2.18. The summed E-state index contributed by atoms with van der Waals surface area (Å²) in [6, 6.07) is 11.8. The van der Waals surface area contributed by atoms with Gasteiger partial charge in [-0.2, -0.15) is 0 Å². The highest BCUT2D eigenvalue weighted by Crippen LogP contribution is 2.26. The molecule has 0 aromatic heterocycles. The van der Waals surface area contributed by atoms with Crippen molar-refractivity contribution in [1.29, 1.82) is 0 Å². The molecule has 0 aliphatic heterocycles. The Morgan fingerprint density at radius 1 is 1.19 bits per heavy atom. The van der Waals surface area contributed by atoms with E-state index < -0.39 is 4.92 Å². The van der Waals surface area contributed by atoms with Crippen LogP contribution in [-0.2, 0) is 0 Å². The number of anilines is 2. The molecule has 0 spiro atoms. The zero-order valence-electron chi connectivity index (χ0n) is 11.1. The highest BCUT2D eigenvalue weighted by Gasteiger charge is 2.10. The SMILES string of the molecule is Cc1ccc(NC(=S)Nc2cc([N+](=O)[O-])ccc2Cl)cc1. The molecule has 0 fully saturated rings. The van der Waals surface area contributed by atoms with E-state index in [9.17, 15) is 10.1 Å². The third kappa shape index (κ3) is 4.14. The summed E-state index contributed by atoms with van der Waals surface area (Å²) in [7, 11) is 0. The van der Waals surface area contributed by atoms with Gasteiger partial charge < -0.3 is 10.6 Å². The number of aryl methyl sites for hydroxylation is 1. The van der Waals surface area contributed by atoms with Crippen LogP contribution in [0.2, 0.25) is 5.02 Å². The first-order chi connectivity index (χ1) is 9.95. The summed E-state index contributed by atoms with van der Waals surface area (Å²) in [5.41, 5.74) is 2.29. The van der Waals surface area contributed by atoms with E-state index in [4.69, 9.17) is 23.8 Å². The lowest BCUT2D eigenvalue weighted by atomic mass is 10.2. The first-order valence-corrected chi connectivity index (χ1v) is 6.83. The van der Waals surface area contributed by atoms with Crippen molar-refractivity contribution in [3.05, 3.63) is 63.2 Å². The molecule has 0 heterocycles. The van der Waals surface area contributed by atoms with Gasteiger partial charge in [-0.05, 0) is 37.3 Å². The van der Waals surface area contributed by atoms with Crippen molar-refractivity contribution in [1.82, 2.24) is 0 Å². The molecule has 0 aliphatic rings. The van der Waals surface area contributed by atoms with Crippen LogP contribution >= 0.6 is 23.8 Å². The molecule has 7 heteroatoms. The quantitative estimate of drug-likeness (QED) is 0.499. The van der Waals surface area contributed by atoms with Crippen LogP contribution in [0.25, 0.3) is 0 Å². The maximum atomic E-state index is 10.8. The van der Waals surface area contributed by atoms with Crippen LogP contribution in [0.3, 0.4) is 0 Å². The highest BCUT2D eigenvalue weighted by molar-refractivity contribution is 7.80. The van der Waals surface area contributed by atoms with Crippen molar-refractivity contribution < 1.29 is 4.92 Å². The number of thiocarbonyl (C=S) groups is 1. The first-order valence-electron chi connectivity index (χ1n) is 6.04. The number of halogens is 1. The summed E-state index contributed by atoms with van der Waals surface area (Å²) in [6.07, 6.45) is 0. The third-order valence-corrected chi connectivity index (χ3v) is 3.25. The Morgan fingerprint density at radius 2 is 1.86 bits per heavy atom. The lowest BCUT2D eigenvalue weighted by Gasteiger charge is -2.11. The number of hydrogen-bond acceptors (Lipinski definition) is 3. The van der Waals surface area contributed by atoms with Gasteiger partial charge in [0.2, 0.25) is 0 Å². The number of rotatable bonds is 3. The summed E-state index contributed by atoms with van der Waals surface area (Å²) >= 11 is 11.2. The largest absolute Gasteiger partial charge is 0.332 e. The molecule has 0 bridgehead atoms. The number of hydrogen-bond donors (Lipinski definition) is 2. The fourth-order valence-electron chi connectivity index (χ4n) is 1.64. The molecular formula is C14H12ClN3O2S. The van der Waals surface area contributed by atoms with Crippen molar-refractivity contribution in [2.45, 2.75) is 6.92 Å². The van der Waals surface area contributed by atoms with Crippen LogP contribution in [0, 0.1) is 17.0 Å². The van der Waals surface area contributed by atoms with Crippen molar-refractivity contribution in [3.8, 4) is 0 Å². The molecule has 0 atom stereocenters. The lowest BCUT2D eigenvalue weighted by molar-refractivity contribution is -0.384. The summed E-state index contributed by atoms with van der Waals surface area (Å²) in [5, 5.41) is 17.3. The summed E-state index contributed by atoms with van der Waals surface area (Å²) in [6.45, 7) is 1.99. The van der Waals surface area contributed by atoms with Gasteiger partial charge >= 0.3 is 0 Å². The average Bonchev–Trinajstić information content (AvgIpc) is 2.43. The minimum Gasteiger partial charge on any atom is -0.332 e. The molecule has 2 aromatic rings. The van der Waals surface area contributed by atoms with Crippen LogP contribution < -0.4 is 10.6 Å². The molecule has 108 valence electrons. The van der Waals surface area contributed by atoms with E-state index in [0.717, 1.165) is 11.3 Å². The highest BCUT2D eigenvalue weighted by atomic mass is 35.5. The van der Waals surface area contributed by atoms with E-state index in [1.807, 2.05) is 31.2 Å². The van der Waals surface area contributed by atoms with Gasteiger partial charge in [-0.15, -0.1) is 0 Å². The maximum absolute atomic E-state index is 10.8. The predicted molar refractivity (Wildman–Crippen MR) is 89.1 cm³/mol. The van der Waals surface area contributed by atoms with Crippen LogP contribution in [0.5, 0.6) is 0 Å². The van der Waals surface area contributed by atoms with Crippen LogP contribution in [0.4, 0.5) is 17.1 Å². The van der Waals surface area contributed by atoms with E-state index in [-0.39, 0.29) is 5.69 Å². The molecule has 2 aromatic carbocycles. The lowest BCUT2D eigenvalue weighted by Crippen LogP contribution is -2.19. The Bertz CT molecular complexity index is 689. The van der Waals surface area contributed by atoms with Gasteiger partial charge in [0.15, 0.2) is 5.11 Å². The fraction of sp³-hybridized carbons (Fsp3) is 0.0714. The fourth-order valence-corrected chi connectivity index (χ4v) is 2.04. The summed E-state index contributed by atoms with van der Waals surface area (Å²) < 4.78 is 0. The van der Waals surface area contributed by atoms with Crippen molar-refractivity contribution in [2.75, 3.05) is 10.6 Å². The van der Waals surface area contributed by atoms with E-state index >= 15 is 0 Å². The molecule has 0 saturated carbocycles. The standard InChI is InChI=1S/C14H12ClN3O2S/c1-9-2-4-10(5-3-9)16-14(21)17-13-8-11(18(19)20)6-7-12(13)15/h2-8H,1H3,(H2,16,17,21). The number of nitro groups is 1. The van der Waals surface area contributed by atoms with E-state index in [0.29, 0.717) is 15.8 Å². The summed E-state index contributed by atoms with van der Waals surface area (Å²) in [4.78, 5) is 10.3. The molecule has 21 heavy (non-hydrogen) atoms. The number of nitro benzene ring substituents is 1. The maximum Gasteiger partial charge on any atom is 0.271 e. The van der Waals surface area contributed by atoms with Gasteiger partial charge in [-0.25, -0.2) is 0 Å². The first kappa shape index (κ1) is 15.2. The molecule has 0 amide bonds. The molecule has 0 aliphatic carbocycles. The number of nitrogens with one attached hydrogen (secondary N) is 2. The van der Waals surface area contributed by atoms with Gasteiger partial charge in [-0.3, -0.25) is 10.1 Å². The third-order valence-electron chi connectivity index (χ3n) is 2.72. The smallest absolute Gasteiger partial charge is 0.271 e. The number of nitrogens with zero attached hydrogens (tertiary/aromatic N) is 1. The minimum absolute atomic E-state index is 0.0555. The molecule has 2 N–H and O–H groups in total. The summed E-state index contributed by atoms with van der Waals surface area (Å²) in [5.74, 6) is 0. The van der Waals surface area contributed by atoms with Crippen LogP contribution in [-0.4, -0.2) is 10.0 Å². The molecule has 0 radical (unpaired) electrons. The normalized spacial score (nSPS) is 10.0. The zero-order valence-corrected chi connectivity index (χ0v) is 12.7. The average molecular weight is 322 g/mol. The Labute approximate surface area is 132 Å². The topological polar surface area (TPSA) is 67.2 Å². The Kier molecular flexibility index (Phi) is 4.72. The van der Waals surface area contributed by atoms with Crippen molar-refractivity contribution >= 4 is 46.0 Å². The van der Waals surface area contributed by atoms with Gasteiger partial charge in [0.05, 0.1) is 15.6 Å². The zero-order chi connectivity index (χ0) is 15.4. The predicted octanol–water partition coefficient (Wildman–Crippen LogP) is 4.37. The van der Waals surface area contributed by atoms with Gasteiger partial charge in [-0.1, -0.05) is 29.3 Å². The van der Waals surface area contributed by atoms with E-state index in [1.54, 1.807) is 0 Å². The number of benzene rings is 2. The Morgan fingerprint density at radius 3 is 2.48 bits per heavy atom. The van der Waals surface area contributed by atoms with Crippen LogP contribution in [0.15, 0.2) is 42.5 Å². The second-order valence-corrected chi connectivity index (χ2v) is 5.18. The van der Waals surface area contributed by atoms with Crippen molar-refractivity contribution in [3.63, 3.8) is 0 Å². The van der Waals surface area contributed by atoms with E-state index in [2.05, 4.69) is 10.6 Å². The van der Waals surface area contributed by atoms with Crippen molar-refractivity contribution in [2.24, 2.45) is 0 Å². The Balaban J connectivity index is 2.10.